The predicted octanol–water partition coefficient (Wildman–Crippen LogP) is 4.89. The third-order valence-electron chi connectivity index (χ3n) is 5.70. The third-order valence-corrected chi connectivity index (χ3v) is 5.70. The molecule has 35 heavy (non-hydrogen) atoms. The van der Waals surface area contributed by atoms with Crippen LogP contribution in [-0.4, -0.2) is 31.7 Å². The van der Waals surface area contributed by atoms with Crippen molar-refractivity contribution in [3.05, 3.63) is 126 Å². The highest BCUT2D eigenvalue weighted by molar-refractivity contribution is 6.46. The minimum atomic E-state index is -0.829. The first-order valence-corrected chi connectivity index (χ1v) is 11.0. The second-order valence-electron chi connectivity index (χ2n) is 7.97. The Morgan fingerprint density at radius 3 is 2.34 bits per heavy atom. The Hall–Kier alpha value is -4.78. The number of Topliss-reactive ketones (excluding diaryl/α,β-unsaturated/α-hetero) is 1. The summed E-state index contributed by atoms with van der Waals surface area (Å²) in [5, 5.41) is 11.1. The first kappa shape index (κ1) is 22.0. The van der Waals surface area contributed by atoms with E-state index in [1.807, 2.05) is 36.4 Å². The van der Waals surface area contributed by atoms with E-state index < -0.39 is 17.7 Å². The van der Waals surface area contributed by atoms with Crippen molar-refractivity contribution >= 4 is 17.4 Å². The van der Waals surface area contributed by atoms with Gasteiger partial charge >= 0.3 is 0 Å². The molecular weight excluding hydrogens is 442 g/mol. The number of pyridine rings is 2. The summed E-state index contributed by atoms with van der Waals surface area (Å²) in [4.78, 5) is 36.1. The number of aliphatic hydroxyl groups is 1. The Bertz CT molecular complexity index is 1390. The molecule has 2 aromatic carbocycles. The van der Waals surface area contributed by atoms with Gasteiger partial charge in [0.15, 0.2) is 0 Å². The van der Waals surface area contributed by atoms with E-state index >= 15 is 0 Å². The molecular formula is C28H21N3O4. The van der Waals surface area contributed by atoms with Gasteiger partial charge in [-0.25, -0.2) is 0 Å². The number of nitrogens with zero attached hydrogens (tertiary/aromatic N) is 3. The highest BCUT2D eigenvalue weighted by atomic mass is 16.5. The molecule has 1 saturated heterocycles. The lowest BCUT2D eigenvalue weighted by molar-refractivity contribution is -0.140. The fourth-order valence-electron chi connectivity index (χ4n) is 4.09. The smallest absolute Gasteiger partial charge is 0.296 e. The Labute approximate surface area is 202 Å². The van der Waals surface area contributed by atoms with Crippen LogP contribution in [0.3, 0.4) is 0 Å². The zero-order valence-electron chi connectivity index (χ0n) is 18.6. The Balaban J connectivity index is 1.61. The first-order chi connectivity index (χ1) is 17.1. The van der Waals surface area contributed by atoms with Crippen molar-refractivity contribution in [3.63, 3.8) is 0 Å². The topological polar surface area (TPSA) is 92.6 Å². The fraction of sp³-hybridized carbons (Fsp3) is 0.0714. The van der Waals surface area contributed by atoms with Gasteiger partial charge in [0.05, 0.1) is 23.9 Å². The maximum absolute atomic E-state index is 13.2. The van der Waals surface area contributed by atoms with E-state index in [0.717, 1.165) is 0 Å². The Morgan fingerprint density at radius 1 is 0.857 bits per heavy atom. The van der Waals surface area contributed by atoms with Crippen molar-refractivity contribution in [3.8, 4) is 11.5 Å². The van der Waals surface area contributed by atoms with Crippen molar-refractivity contribution in [2.75, 3.05) is 0 Å². The van der Waals surface area contributed by atoms with Crippen molar-refractivity contribution in [1.29, 1.82) is 0 Å². The number of rotatable bonds is 6. The van der Waals surface area contributed by atoms with Crippen molar-refractivity contribution in [2.45, 2.75) is 12.6 Å². The number of ketones is 1. The zero-order valence-corrected chi connectivity index (χ0v) is 18.6. The van der Waals surface area contributed by atoms with Crippen LogP contribution in [0.4, 0.5) is 0 Å². The summed E-state index contributed by atoms with van der Waals surface area (Å²) in [6.45, 7) is 0.104. The molecule has 7 heteroatoms. The van der Waals surface area contributed by atoms with E-state index in [0.29, 0.717) is 28.3 Å². The van der Waals surface area contributed by atoms with Crippen LogP contribution in [-0.2, 0) is 16.1 Å². The molecule has 1 N–H and O–H groups in total. The number of carbonyl (C=O) groups excluding carboxylic acids is 2. The second-order valence-corrected chi connectivity index (χ2v) is 7.97. The molecule has 1 fully saturated rings. The van der Waals surface area contributed by atoms with E-state index in [2.05, 4.69) is 9.97 Å². The van der Waals surface area contributed by atoms with Gasteiger partial charge in [0, 0.05) is 24.2 Å². The molecule has 2 aromatic heterocycles. The number of hydrogen-bond acceptors (Lipinski definition) is 6. The van der Waals surface area contributed by atoms with Gasteiger partial charge in [0.2, 0.25) is 0 Å². The Kier molecular flexibility index (Phi) is 6.05. The number of likely N-dealkylation sites (tertiary alicyclic amines) is 1. The van der Waals surface area contributed by atoms with E-state index in [-0.39, 0.29) is 17.9 Å². The molecule has 4 aromatic rings. The number of carbonyl (C=O) groups is 2. The standard InChI is InChI=1S/C28H21N3O4/c32-26(19-12-15-29-16-13-19)24-25(31(28(34)27(24)33)18-21-8-4-5-14-30-21)20-7-6-11-23(17-20)35-22-9-2-1-3-10-22/h1-17,25,32H,18H2/b26-24-. The molecule has 1 aliphatic heterocycles. The van der Waals surface area contributed by atoms with Crippen molar-refractivity contribution in [1.82, 2.24) is 14.9 Å². The molecule has 1 atom stereocenters. The molecule has 3 heterocycles. The maximum atomic E-state index is 13.2. The molecule has 0 bridgehead atoms. The third kappa shape index (κ3) is 4.52. The summed E-state index contributed by atoms with van der Waals surface area (Å²) >= 11 is 0. The highest BCUT2D eigenvalue weighted by Gasteiger charge is 2.46. The summed E-state index contributed by atoms with van der Waals surface area (Å²) in [7, 11) is 0. The van der Waals surface area contributed by atoms with Crippen LogP contribution in [0.25, 0.3) is 5.76 Å². The minimum absolute atomic E-state index is 0.00833. The largest absolute Gasteiger partial charge is 0.507 e. The average molecular weight is 463 g/mol. The second kappa shape index (κ2) is 9.61. The predicted molar refractivity (Wildman–Crippen MR) is 129 cm³/mol. The summed E-state index contributed by atoms with van der Waals surface area (Å²) in [5.41, 5.74) is 1.66. The summed E-state index contributed by atoms with van der Waals surface area (Å²) in [6.07, 6.45) is 4.66. The number of aliphatic hydroxyl groups excluding tert-OH is 1. The minimum Gasteiger partial charge on any atom is -0.507 e. The molecule has 0 radical (unpaired) electrons. The van der Waals surface area contributed by atoms with Gasteiger partial charge in [0.1, 0.15) is 17.3 Å². The van der Waals surface area contributed by atoms with E-state index in [9.17, 15) is 14.7 Å². The average Bonchev–Trinajstić information content (AvgIpc) is 3.15. The SMILES string of the molecule is O=C1C(=O)N(Cc2ccccn2)C(c2cccc(Oc3ccccc3)c2)/C1=C(/O)c1ccncc1. The number of amides is 1. The lowest BCUT2D eigenvalue weighted by atomic mass is 9.95. The lowest BCUT2D eigenvalue weighted by Crippen LogP contribution is -2.29. The molecule has 1 aliphatic rings. The number of hydrogen-bond donors (Lipinski definition) is 1. The van der Waals surface area contributed by atoms with Crippen LogP contribution in [0.5, 0.6) is 11.5 Å². The van der Waals surface area contributed by atoms with Gasteiger partial charge in [-0.1, -0.05) is 36.4 Å². The molecule has 0 saturated carbocycles. The van der Waals surface area contributed by atoms with Crippen molar-refractivity contribution < 1.29 is 19.4 Å². The van der Waals surface area contributed by atoms with Crippen LogP contribution >= 0.6 is 0 Å². The van der Waals surface area contributed by atoms with Gasteiger partial charge in [-0.3, -0.25) is 19.6 Å². The van der Waals surface area contributed by atoms with Gasteiger partial charge in [-0.05, 0) is 54.1 Å². The first-order valence-electron chi connectivity index (χ1n) is 11.0. The molecule has 172 valence electrons. The van der Waals surface area contributed by atoms with Gasteiger partial charge < -0.3 is 14.7 Å². The summed E-state index contributed by atoms with van der Waals surface area (Å²) in [5.74, 6) is -0.515. The quantitative estimate of drug-likeness (QED) is 0.249. The Morgan fingerprint density at radius 2 is 1.60 bits per heavy atom. The number of ether oxygens (including phenoxy) is 1. The molecule has 1 unspecified atom stereocenters. The van der Waals surface area contributed by atoms with E-state index in [1.165, 1.54) is 17.3 Å². The number of para-hydroxylation sites is 1. The van der Waals surface area contributed by atoms with Crippen LogP contribution in [0.15, 0.2) is 109 Å². The molecule has 0 spiro atoms. The normalized spacial score (nSPS) is 16.9. The summed E-state index contributed by atoms with van der Waals surface area (Å²) < 4.78 is 5.98. The van der Waals surface area contributed by atoms with E-state index in [1.54, 1.807) is 54.7 Å². The van der Waals surface area contributed by atoms with Crippen LogP contribution in [0.1, 0.15) is 22.9 Å². The zero-order chi connectivity index (χ0) is 24.2. The van der Waals surface area contributed by atoms with Gasteiger partial charge in [-0.2, -0.15) is 0 Å². The fourth-order valence-corrected chi connectivity index (χ4v) is 4.09. The molecule has 1 amide bonds. The molecule has 0 aliphatic carbocycles. The molecule has 7 nitrogen and oxygen atoms in total. The highest BCUT2D eigenvalue weighted by Crippen LogP contribution is 2.41. The van der Waals surface area contributed by atoms with Gasteiger partial charge in [-0.15, -0.1) is 0 Å². The molecule has 5 rings (SSSR count). The number of aromatic nitrogens is 2. The van der Waals surface area contributed by atoms with Gasteiger partial charge in [0.25, 0.3) is 11.7 Å². The summed E-state index contributed by atoms with van der Waals surface area (Å²) in [6, 6.07) is 24.2. The monoisotopic (exact) mass is 463 g/mol. The number of benzene rings is 2. The maximum Gasteiger partial charge on any atom is 0.296 e. The van der Waals surface area contributed by atoms with Crippen LogP contribution in [0, 0.1) is 0 Å². The van der Waals surface area contributed by atoms with Crippen LogP contribution in [0.2, 0.25) is 0 Å². The van der Waals surface area contributed by atoms with Crippen molar-refractivity contribution in [2.24, 2.45) is 0 Å². The van der Waals surface area contributed by atoms with Crippen LogP contribution < -0.4 is 4.74 Å². The van der Waals surface area contributed by atoms with E-state index in [4.69, 9.17) is 4.74 Å². The lowest BCUT2D eigenvalue weighted by Gasteiger charge is -2.25.